The molecule has 1 amide bonds. The van der Waals surface area contributed by atoms with E-state index in [4.69, 9.17) is 16.1 Å². The second kappa shape index (κ2) is 9.60. The molecule has 176 valence electrons. The third-order valence-electron chi connectivity index (χ3n) is 6.28. The van der Waals surface area contributed by atoms with Gasteiger partial charge in [-0.3, -0.25) is 10.2 Å². The number of nitrogens with one attached hydrogen (secondary N) is 1. The number of nitrogens with zero attached hydrogens (tertiary/aromatic N) is 3. The summed E-state index contributed by atoms with van der Waals surface area (Å²) in [6.07, 6.45) is 0.641. The Balaban J connectivity index is 0.00000289. The Labute approximate surface area is 209 Å². The highest BCUT2D eigenvalue weighted by atomic mass is 35.5. The van der Waals surface area contributed by atoms with E-state index in [1.807, 2.05) is 99.0 Å². The van der Waals surface area contributed by atoms with Crippen molar-refractivity contribution in [3.05, 3.63) is 107 Å². The molecule has 0 bridgehead atoms. The number of fused-ring (bicyclic) bond motifs is 2. The lowest BCUT2D eigenvalue weighted by Gasteiger charge is -2.19. The van der Waals surface area contributed by atoms with Gasteiger partial charge in [-0.05, 0) is 35.2 Å². The lowest BCUT2D eigenvalue weighted by atomic mass is 10.1. The zero-order valence-corrected chi connectivity index (χ0v) is 20.3. The molecule has 4 aromatic carbocycles. The molecule has 0 saturated heterocycles. The van der Waals surface area contributed by atoms with Gasteiger partial charge in [0.05, 0.1) is 16.7 Å². The highest BCUT2D eigenvalue weighted by Crippen LogP contribution is 2.28. The molecule has 0 spiro atoms. The van der Waals surface area contributed by atoms with E-state index in [9.17, 15) is 4.79 Å². The molecule has 35 heavy (non-hydrogen) atoms. The molecule has 0 fully saturated rings. The van der Waals surface area contributed by atoms with Crippen molar-refractivity contribution < 1.29 is 4.79 Å². The van der Waals surface area contributed by atoms with Gasteiger partial charge in [-0.25, -0.2) is 4.98 Å². The number of imidazole rings is 1. The Morgan fingerprint density at radius 1 is 0.971 bits per heavy atom. The minimum Gasteiger partial charge on any atom is -0.384 e. The number of aromatic nitrogens is 2. The SMILES string of the molecule is CN(C(=O)c1ccc2c(c1)nc(Cc1ccc(C(=N)N)cc1)n2C)c1cccc2ccccc12.Cl. The number of carbonyl (C=O) groups is 1. The Morgan fingerprint density at radius 2 is 1.66 bits per heavy atom. The third kappa shape index (κ3) is 4.48. The normalized spacial score (nSPS) is 10.8. The van der Waals surface area contributed by atoms with Crippen molar-refractivity contribution >= 4 is 51.6 Å². The van der Waals surface area contributed by atoms with E-state index >= 15 is 0 Å². The van der Waals surface area contributed by atoms with Gasteiger partial charge in [0, 0.05) is 37.0 Å². The molecular formula is C28H26ClN5O. The van der Waals surface area contributed by atoms with Crippen molar-refractivity contribution in [2.45, 2.75) is 6.42 Å². The molecular weight excluding hydrogens is 458 g/mol. The zero-order chi connectivity index (χ0) is 23.8. The average molecular weight is 484 g/mol. The first-order valence-electron chi connectivity index (χ1n) is 11.1. The van der Waals surface area contributed by atoms with E-state index in [1.165, 1.54) is 0 Å². The average Bonchev–Trinajstić information content (AvgIpc) is 3.17. The first kappa shape index (κ1) is 24.0. The van der Waals surface area contributed by atoms with Crippen molar-refractivity contribution in [2.24, 2.45) is 12.8 Å². The summed E-state index contributed by atoms with van der Waals surface area (Å²) in [6.45, 7) is 0. The van der Waals surface area contributed by atoms with Crippen molar-refractivity contribution in [1.82, 2.24) is 9.55 Å². The van der Waals surface area contributed by atoms with Gasteiger partial charge in [0.25, 0.3) is 5.91 Å². The van der Waals surface area contributed by atoms with Gasteiger partial charge in [0.1, 0.15) is 11.7 Å². The summed E-state index contributed by atoms with van der Waals surface area (Å²) in [4.78, 5) is 19.9. The molecule has 0 unspecified atom stereocenters. The minimum absolute atomic E-state index is 0. The predicted molar refractivity (Wildman–Crippen MR) is 145 cm³/mol. The lowest BCUT2D eigenvalue weighted by molar-refractivity contribution is 0.0993. The Bertz CT molecular complexity index is 1550. The van der Waals surface area contributed by atoms with Gasteiger partial charge in [-0.15, -0.1) is 12.4 Å². The molecule has 0 aliphatic carbocycles. The fraction of sp³-hybridized carbons (Fsp3) is 0.107. The van der Waals surface area contributed by atoms with E-state index in [2.05, 4.69) is 4.57 Å². The number of hydrogen-bond donors (Lipinski definition) is 2. The number of rotatable bonds is 5. The van der Waals surface area contributed by atoms with Gasteiger partial charge in [0.2, 0.25) is 0 Å². The van der Waals surface area contributed by atoms with Crippen molar-refractivity contribution in [3.63, 3.8) is 0 Å². The maximum atomic E-state index is 13.4. The van der Waals surface area contributed by atoms with Gasteiger partial charge >= 0.3 is 0 Å². The van der Waals surface area contributed by atoms with Crippen LogP contribution in [0.4, 0.5) is 5.69 Å². The van der Waals surface area contributed by atoms with Crippen LogP contribution in [0, 0.1) is 5.41 Å². The van der Waals surface area contributed by atoms with Crippen LogP contribution in [0.2, 0.25) is 0 Å². The Hall–Kier alpha value is -4.16. The number of hydrogen-bond acceptors (Lipinski definition) is 3. The number of anilines is 1. The second-order valence-electron chi connectivity index (χ2n) is 8.44. The number of nitrogen functional groups attached to an aromatic ring is 1. The molecule has 0 radical (unpaired) electrons. The molecule has 5 aromatic rings. The van der Waals surface area contributed by atoms with Crippen molar-refractivity contribution in [3.8, 4) is 0 Å². The topological polar surface area (TPSA) is 88.0 Å². The lowest BCUT2D eigenvalue weighted by Crippen LogP contribution is -2.26. The number of aryl methyl sites for hydroxylation is 1. The van der Waals surface area contributed by atoms with E-state index in [-0.39, 0.29) is 24.1 Å². The molecule has 5 rings (SSSR count). The fourth-order valence-corrected chi connectivity index (χ4v) is 4.33. The minimum atomic E-state index is -0.0784. The van der Waals surface area contributed by atoms with Crippen LogP contribution in [-0.2, 0) is 13.5 Å². The molecule has 1 heterocycles. The van der Waals surface area contributed by atoms with Crippen LogP contribution in [0.15, 0.2) is 84.9 Å². The van der Waals surface area contributed by atoms with E-state index in [1.54, 1.807) is 4.90 Å². The maximum Gasteiger partial charge on any atom is 0.258 e. The number of amides is 1. The first-order chi connectivity index (χ1) is 16.4. The van der Waals surface area contributed by atoms with Gasteiger partial charge in [-0.1, -0.05) is 60.7 Å². The standard InChI is InChI=1S/C28H25N5O.ClH/c1-32-25-15-14-21(28(34)33(2)24-9-5-7-19-6-3-4-8-22(19)24)17-23(25)31-26(32)16-18-10-12-20(13-11-18)27(29)30;/h3-15,17H,16H2,1-2H3,(H3,29,30);1H. The van der Waals surface area contributed by atoms with Crippen LogP contribution in [0.3, 0.4) is 0 Å². The van der Waals surface area contributed by atoms with E-state index in [0.717, 1.165) is 38.9 Å². The summed E-state index contributed by atoms with van der Waals surface area (Å²) >= 11 is 0. The quantitative estimate of drug-likeness (QED) is 0.262. The van der Waals surface area contributed by atoms with Crippen LogP contribution in [0.1, 0.15) is 27.3 Å². The number of halogens is 1. The largest absolute Gasteiger partial charge is 0.384 e. The third-order valence-corrected chi connectivity index (χ3v) is 6.28. The van der Waals surface area contributed by atoms with Crippen LogP contribution in [0.25, 0.3) is 21.8 Å². The molecule has 0 aliphatic rings. The fourth-order valence-electron chi connectivity index (χ4n) is 4.33. The number of amidine groups is 1. The summed E-state index contributed by atoms with van der Waals surface area (Å²) in [7, 11) is 3.79. The molecule has 0 atom stereocenters. The number of carbonyl (C=O) groups excluding carboxylic acids is 1. The zero-order valence-electron chi connectivity index (χ0n) is 19.5. The van der Waals surface area contributed by atoms with Crippen LogP contribution < -0.4 is 10.6 Å². The van der Waals surface area contributed by atoms with Gasteiger partial charge in [-0.2, -0.15) is 0 Å². The summed E-state index contributed by atoms with van der Waals surface area (Å²) in [5.74, 6) is 0.878. The van der Waals surface area contributed by atoms with Crippen molar-refractivity contribution in [2.75, 3.05) is 11.9 Å². The van der Waals surface area contributed by atoms with Crippen LogP contribution >= 0.6 is 12.4 Å². The number of benzene rings is 4. The van der Waals surface area contributed by atoms with Gasteiger partial charge < -0.3 is 15.2 Å². The van der Waals surface area contributed by atoms with E-state index in [0.29, 0.717) is 17.5 Å². The van der Waals surface area contributed by atoms with E-state index < -0.39 is 0 Å². The summed E-state index contributed by atoms with van der Waals surface area (Å²) < 4.78 is 2.05. The molecule has 7 heteroatoms. The van der Waals surface area contributed by atoms with Crippen LogP contribution in [-0.4, -0.2) is 28.3 Å². The Kier molecular flexibility index (Phi) is 6.58. The molecule has 6 nitrogen and oxygen atoms in total. The van der Waals surface area contributed by atoms with Gasteiger partial charge in [0.15, 0.2) is 0 Å². The predicted octanol–water partition coefficient (Wildman–Crippen LogP) is 5.30. The monoisotopic (exact) mass is 483 g/mol. The molecule has 1 aromatic heterocycles. The van der Waals surface area contributed by atoms with Crippen LogP contribution in [0.5, 0.6) is 0 Å². The summed E-state index contributed by atoms with van der Waals surface area (Å²) in [6, 6.07) is 27.3. The molecule has 0 aliphatic heterocycles. The highest BCUT2D eigenvalue weighted by Gasteiger charge is 2.18. The Morgan fingerprint density at radius 3 is 2.40 bits per heavy atom. The maximum absolute atomic E-state index is 13.4. The molecule has 3 N–H and O–H groups in total. The number of nitrogens with two attached hydrogens (primary N) is 1. The second-order valence-corrected chi connectivity index (χ2v) is 8.44. The molecule has 0 saturated carbocycles. The summed E-state index contributed by atoms with van der Waals surface area (Å²) in [5, 5.41) is 9.68. The smallest absolute Gasteiger partial charge is 0.258 e. The summed E-state index contributed by atoms with van der Waals surface area (Å²) in [5.41, 5.74) is 10.6. The first-order valence-corrected chi connectivity index (χ1v) is 11.1. The highest BCUT2D eigenvalue weighted by molar-refractivity contribution is 6.11. The van der Waals surface area contributed by atoms with Crippen molar-refractivity contribution in [1.29, 1.82) is 5.41 Å².